The second-order valence-electron chi connectivity index (χ2n) is 8.37. The van der Waals surface area contributed by atoms with E-state index in [-0.39, 0.29) is 36.3 Å². The lowest BCUT2D eigenvalue weighted by atomic mass is 9.53. The first-order chi connectivity index (χ1) is 11.6. The van der Waals surface area contributed by atoms with Crippen LogP contribution in [0.5, 0.6) is 0 Å². The first kappa shape index (κ1) is 21.3. The van der Waals surface area contributed by atoms with Gasteiger partial charge in [0.05, 0.1) is 17.4 Å². The Hall–Kier alpha value is -0.970. The highest BCUT2D eigenvalue weighted by atomic mass is 35.5. The van der Waals surface area contributed by atoms with E-state index < -0.39 is 6.04 Å². The molecular weight excluding hydrogens is 369 g/mol. The van der Waals surface area contributed by atoms with Crippen LogP contribution in [0.1, 0.15) is 51.9 Å². The molecule has 4 N–H and O–H groups in total. The molecule has 0 radical (unpaired) electrons. The number of anilines is 2. The lowest BCUT2D eigenvalue weighted by Gasteiger charge is -2.57. The molecule has 4 nitrogen and oxygen atoms in total. The Morgan fingerprint density at radius 3 is 2.08 bits per heavy atom. The third kappa shape index (κ3) is 4.13. The monoisotopic (exact) mass is 399 g/mol. The highest BCUT2D eigenvalue weighted by Crippen LogP contribution is 2.56. The van der Waals surface area contributed by atoms with Crippen LogP contribution in [0.3, 0.4) is 0 Å². The summed E-state index contributed by atoms with van der Waals surface area (Å²) in [5.41, 5.74) is 8.02. The molecule has 5 rings (SSSR count). The molecule has 4 aliphatic carbocycles. The van der Waals surface area contributed by atoms with E-state index in [9.17, 15) is 4.79 Å². The van der Waals surface area contributed by atoms with Crippen LogP contribution in [0.25, 0.3) is 0 Å². The zero-order valence-corrected chi connectivity index (χ0v) is 17.0. The fraction of sp³-hybridized carbons (Fsp3) is 0.650. The molecule has 1 aromatic carbocycles. The van der Waals surface area contributed by atoms with Crippen LogP contribution < -0.4 is 16.4 Å². The first-order valence-electron chi connectivity index (χ1n) is 9.50. The van der Waals surface area contributed by atoms with Gasteiger partial charge in [-0.05, 0) is 74.8 Å². The maximum atomic E-state index is 12.2. The summed E-state index contributed by atoms with van der Waals surface area (Å²) in [7, 11) is 0. The Morgan fingerprint density at radius 2 is 1.58 bits per heavy atom. The molecule has 6 heteroatoms. The van der Waals surface area contributed by atoms with Crippen molar-refractivity contribution in [2.75, 3.05) is 10.6 Å². The van der Waals surface area contributed by atoms with Gasteiger partial charge in [0, 0.05) is 5.54 Å². The second kappa shape index (κ2) is 8.37. The van der Waals surface area contributed by atoms with Crippen molar-refractivity contribution < 1.29 is 4.79 Å². The van der Waals surface area contributed by atoms with Crippen LogP contribution >= 0.6 is 24.8 Å². The van der Waals surface area contributed by atoms with Crippen LogP contribution in [-0.4, -0.2) is 17.5 Å². The molecule has 1 aromatic rings. The number of halogens is 2. The molecule has 0 unspecified atom stereocenters. The van der Waals surface area contributed by atoms with Crippen molar-refractivity contribution in [1.82, 2.24) is 0 Å². The van der Waals surface area contributed by atoms with E-state index >= 15 is 0 Å². The number of rotatable bonds is 5. The number of nitrogens with one attached hydrogen (secondary N) is 2. The number of carbonyl (C=O) groups is 1. The zero-order valence-electron chi connectivity index (χ0n) is 15.4. The van der Waals surface area contributed by atoms with Gasteiger partial charge in [0.25, 0.3) is 0 Å². The molecule has 26 heavy (non-hydrogen) atoms. The number of amides is 1. The van der Waals surface area contributed by atoms with Crippen LogP contribution in [0.2, 0.25) is 0 Å². The minimum absolute atomic E-state index is 0. The maximum Gasteiger partial charge on any atom is 0.241 e. The Labute approximate surface area is 168 Å². The van der Waals surface area contributed by atoms with Crippen LogP contribution in [0, 0.1) is 17.8 Å². The summed E-state index contributed by atoms with van der Waals surface area (Å²) in [6, 6.07) is 7.63. The van der Waals surface area contributed by atoms with Crippen molar-refractivity contribution in [3.8, 4) is 0 Å². The van der Waals surface area contributed by atoms with E-state index in [1.54, 1.807) is 0 Å². The lowest BCUT2D eigenvalue weighted by molar-refractivity contribution is -0.117. The Balaban J connectivity index is 0.00000121. The van der Waals surface area contributed by atoms with Gasteiger partial charge in [0.2, 0.25) is 5.91 Å². The van der Waals surface area contributed by atoms with Crippen molar-refractivity contribution in [1.29, 1.82) is 0 Å². The van der Waals surface area contributed by atoms with E-state index in [4.69, 9.17) is 5.73 Å². The van der Waals surface area contributed by atoms with Crippen molar-refractivity contribution in [3.63, 3.8) is 0 Å². The van der Waals surface area contributed by atoms with Gasteiger partial charge in [-0.25, -0.2) is 0 Å². The number of nitrogens with two attached hydrogens (primary N) is 1. The molecule has 4 saturated carbocycles. The summed E-state index contributed by atoms with van der Waals surface area (Å²) in [6.07, 6.45) is 8.82. The molecular formula is C20H31Cl2N3O. The Morgan fingerprint density at radius 1 is 1.08 bits per heavy atom. The van der Waals surface area contributed by atoms with Crippen molar-refractivity contribution in [2.45, 2.75) is 63.5 Å². The van der Waals surface area contributed by atoms with Gasteiger partial charge in [-0.2, -0.15) is 0 Å². The molecule has 4 aliphatic rings. The van der Waals surface area contributed by atoms with Gasteiger partial charge in [-0.15, -0.1) is 24.8 Å². The maximum absolute atomic E-state index is 12.2. The largest absolute Gasteiger partial charge is 0.378 e. The topological polar surface area (TPSA) is 67.2 Å². The van der Waals surface area contributed by atoms with Gasteiger partial charge in [0.15, 0.2) is 0 Å². The van der Waals surface area contributed by atoms with Gasteiger partial charge < -0.3 is 16.4 Å². The minimum Gasteiger partial charge on any atom is -0.378 e. The average Bonchev–Trinajstić information content (AvgIpc) is 2.54. The molecule has 1 amide bonds. The Kier molecular flexibility index (Phi) is 6.86. The molecule has 0 heterocycles. The van der Waals surface area contributed by atoms with E-state index in [2.05, 4.69) is 16.7 Å². The van der Waals surface area contributed by atoms with Gasteiger partial charge in [-0.1, -0.05) is 19.1 Å². The van der Waals surface area contributed by atoms with Crippen LogP contribution in [0.4, 0.5) is 11.4 Å². The number of carbonyl (C=O) groups excluding carboxylic acids is 1. The SMILES string of the molecule is CC[C@H](N)C(=O)Nc1ccccc1NC12CC3CC(CC(C3)C1)C2.Cl.Cl. The molecule has 146 valence electrons. The predicted octanol–water partition coefficient (Wildman–Crippen LogP) is 4.59. The summed E-state index contributed by atoms with van der Waals surface area (Å²) < 4.78 is 0. The summed E-state index contributed by atoms with van der Waals surface area (Å²) in [5.74, 6) is 2.61. The molecule has 1 atom stereocenters. The summed E-state index contributed by atoms with van der Waals surface area (Å²) in [6.45, 7) is 1.93. The van der Waals surface area contributed by atoms with Crippen LogP contribution in [0.15, 0.2) is 24.3 Å². The fourth-order valence-corrected chi connectivity index (χ4v) is 5.66. The molecule has 0 aliphatic heterocycles. The van der Waals surface area contributed by atoms with Crippen molar-refractivity contribution >= 4 is 42.1 Å². The summed E-state index contributed by atoms with van der Waals surface area (Å²) in [5, 5.41) is 6.88. The number of hydrogen-bond acceptors (Lipinski definition) is 3. The summed E-state index contributed by atoms with van der Waals surface area (Å²) in [4.78, 5) is 12.2. The van der Waals surface area contributed by atoms with E-state index in [1.807, 2.05) is 25.1 Å². The Bertz CT molecular complexity index is 602. The highest BCUT2D eigenvalue weighted by Gasteiger charge is 2.51. The molecule has 0 spiro atoms. The normalized spacial score (nSPS) is 32.2. The summed E-state index contributed by atoms with van der Waals surface area (Å²) >= 11 is 0. The standard InChI is InChI=1S/C20H29N3O.2ClH/c1-2-16(21)19(24)22-17-5-3-4-6-18(17)23-20-10-13-7-14(11-20)9-15(8-13)12-20;;/h3-6,13-16,23H,2,7-12,21H2,1H3,(H,22,24);2*1H/t13?,14?,15?,16-,20?;;/m0../s1. The van der Waals surface area contributed by atoms with E-state index in [0.29, 0.717) is 6.42 Å². The number of hydrogen-bond donors (Lipinski definition) is 3. The number of benzene rings is 1. The second-order valence-corrected chi connectivity index (χ2v) is 8.37. The lowest BCUT2D eigenvalue weighted by Crippen LogP contribution is -2.54. The third-order valence-electron chi connectivity index (χ3n) is 6.40. The van der Waals surface area contributed by atoms with Crippen molar-refractivity contribution in [2.24, 2.45) is 23.5 Å². The quantitative estimate of drug-likeness (QED) is 0.678. The molecule has 0 aromatic heterocycles. The highest BCUT2D eigenvalue weighted by molar-refractivity contribution is 5.97. The van der Waals surface area contributed by atoms with Gasteiger partial charge in [-0.3, -0.25) is 4.79 Å². The smallest absolute Gasteiger partial charge is 0.241 e. The molecule has 0 saturated heterocycles. The van der Waals surface area contributed by atoms with Crippen LogP contribution in [-0.2, 0) is 4.79 Å². The first-order valence-corrected chi connectivity index (χ1v) is 9.50. The zero-order chi connectivity index (χ0) is 16.7. The number of para-hydroxylation sites is 2. The predicted molar refractivity (Wildman–Crippen MR) is 112 cm³/mol. The van der Waals surface area contributed by atoms with Gasteiger partial charge >= 0.3 is 0 Å². The third-order valence-corrected chi connectivity index (χ3v) is 6.40. The van der Waals surface area contributed by atoms with E-state index in [0.717, 1.165) is 29.1 Å². The van der Waals surface area contributed by atoms with E-state index in [1.165, 1.54) is 38.5 Å². The average molecular weight is 400 g/mol. The van der Waals surface area contributed by atoms with Crippen molar-refractivity contribution in [3.05, 3.63) is 24.3 Å². The van der Waals surface area contributed by atoms with Gasteiger partial charge in [0.1, 0.15) is 0 Å². The fourth-order valence-electron chi connectivity index (χ4n) is 5.66. The minimum atomic E-state index is -0.447. The molecule has 4 fully saturated rings. The molecule has 4 bridgehead atoms.